The molecule has 2 amide bonds. The average molecular weight is 268 g/mol. The van der Waals surface area contributed by atoms with E-state index in [1.54, 1.807) is 6.07 Å². The van der Waals surface area contributed by atoms with Crippen LogP contribution in [0.25, 0.3) is 0 Å². The second-order valence-electron chi connectivity index (χ2n) is 4.14. The first-order valence-corrected chi connectivity index (χ1v) is 6.06. The number of amides is 2. The van der Waals surface area contributed by atoms with Gasteiger partial charge < -0.3 is 15.7 Å². The summed E-state index contributed by atoms with van der Waals surface area (Å²) in [5, 5.41) is 13.7. The van der Waals surface area contributed by atoms with Gasteiger partial charge >= 0.3 is 12.0 Å². The molecule has 19 heavy (non-hydrogen) atoms. The summed E-state index contributed by atoms with van der Waals surface area (Å²) in [6, 6.07) is 5.14. The van der Waals surface area contributed by atoms with Crippen molar-refractivity contribution in [1.29, 1.82) is 0 Å². The number of rotatable bonds is 6. The summed E-state index contributed by atoms with van der Waals surface area (Å²) in [5.41, 5.74) is 0.0577. The summed E-state index contributed by atoms with van der Waals surface area (Å²) in [4.78, 5) is 22.4. The number of urea groups is 1. The predicted molar refractivity (Wildman–Crippen MR) is 69.5 cm³/mol. The topological polar surface area (TPSA) is 78.4 Å². The Morgan fingerprint density at radius 2 is 2.05 bits per heavy atom. The van der Waals surface area contributed by atoms with Crippen molar-refractivity contribution in [3.63, 3.8) is 0 Å². The molecule has 0 aliphatic carbocycles. The fraction of sp³-hybridized carbons (Fsp3) is 0.385. The van der Waals surface area contributed by atoms with Crippen molar-refractivity contribution in [1.82, 2.24) is 5.32 Å². The molecule has 0 aliphatic rings. The van der Waals surface area contributed by atoms with Crippen molar-refractivity contribution >= 4 is 17.7 Å². The third-order valence-corrected chi connectivity index (χ3v) is 2.62. The van der Waals surface area contributed by atoms with Crippen LogP contribution in [0.15, 0.2) is 24.3 Å². The number of aliphatic carboxylic acids is 1. The molecule has 0 aliphatic heterocycles. The minimum absolute atomic E-state index is 0.0173. The van der Waals surface area contributed by atoms with Gasteiger partial charge in [0.05, 0.1) is 11.6 Å². The molecule has 1 unspecified atom stereocenters. The number of halogens is 1. The van der Waals surface area contributed by atoms with Crippen molar-refractivity contribution in [3.8, 4) is 0 Å². The molecular weight excluding hydrogens is 251 g/mol. The Bertz CT molecular complexity index is 451. The fourth-order valence-corrected chi connectivity index (χ4v) is 1.61. The monoisotopic (exact) mass is 268 g/mol. The molecule has 1 aromatic carbocycles. The number of carboxylic acid groups (broad SMARTS) is 1. The summed E-state index contributed by atoms with van der Waals surface area (Å²) in [6.07, 6.45) is 1.20. The minimum Gasteiger partial charge on any atom is -0.481 e. The van der Waals surface area contributed by atoms with E-state index in [4.69, 9.17) is 5.11 Å². The van der Waals surface area contributed by atoms with E-state index in [0.29, 0.717) is 12.8 Å². The number of hydrogen-bond donors (Lipinski definition) is 3. The fourth-order valence-electron chi connectivity index (χ4n) is 1.61. The number of carboxylic acids is 1. The van der Waals surface area contributed by atoms with Gasteiger partial charge in [-0.1, -0.05) is 25.5 Å². The zero-order chi connectivity index (χ0) is 14.3. The number of anilines is 1. The van der Waals surface area contributed by atoms with Gasteiger partial charge in [0.2, 0.25) is 0 Å². The lowest BCUT2D eigenvalue weighted by atomic mass is 10.0. The molecule has 0 fully saturated rings. The molecule has 0 bridgehead atoms. The van der Waals surface area contributed by atoms with Crippen LogP contribution in [0.4, 0.5) is 14.9 Å². The van der Waals surface area contributed by atoms with Crippen LogP contribution in [-0.4, -0.2) is 23.7 Å². The molecule has 0 saturated heterocycles. The third-order valence-electron chi connectivity index (χ3n) is 2.62. The summed E-state index contributed by atoms with van der Waals surface area (Å²) in [5.74, 6) is -2.12. The zero-order valence-electron chi connectivity index (χ0n) is 10.6. The van der Waals surface area contributed by atoms with Gasteiger partial charge in [-0.2, -0.15) is 0 Å². The first kappa shape index (κ1) is 14.9. The molecule has 104 valence electrons. The molecule has 0 aromatic heterocycles. The quantitative estimate of drug-likeness (QED) is 0.741. The van der Waals surface area contributed by atoms with Gasteiger partial charge in [-0.25, -0.2) is 9.18 Å². The maximum Gasteiger partial charge on any atom is 0.319 e. The van der Waals surface area contributed by atoms with E-state index >= 15 is 0 Å². The molecule has 3 N–H and O–H groups in total. The molecule has 6 heteroatoms. The van der Waals surface area contributed by atoms with Crippen LogP contribution in [-0.2, 0) is 4.79 Å². The second kappa shape index (κ2) is 7.35. The molecule has 0 saturated carbocycles. The minimum atomic E-state index is -0.951. The highest BCUT2D eigenvalue weighted by atomic mass is 19.1. The number of nitrogens with one attached hydrogen (secondary N) is 2. The molecule has 5 nitrogen and oxygen atoms in total. The molecule has 1 aromatic rings. The normalized spacial score (nSPS) is 11.7. The smallest absolute Gasteiger partial charge is 0.319 e. The molecule has 0 radical (unpaired) electrons. The highest BCUT2D eigenvalue weighted by Gasteiger charge is 2.17. The standard InChI is InChI=1S/C13H17FN2O3/c1-2-5-9(12(17)18)8-15-13(19)16-11-7-4-3-6-10(11)14/h3-4,6-7,9H,2,5,8H2,1H3,(H,17,18)(H2,15,16,19). The SMILES string of the molecule is CCCC(CNC(=O)Nc1ccccc1F)C(=O)O. The highest BCUT2D eigenvalue weighted by Crippen LogP contribution is 2.12. The molecule has 1 rings (SSSR count). The van der Waals surface area contributed by atoms with Crippen molar-refractivity contribution < 1.29 is 19.1 Å². The Balaban J connectivity index is 2.47. The van der Waals surface area contributed by atoms with Gasteiger partial charge in [-0.3, -0.25) is 4.79 Å². The van der Waals surface area contributed by atoms with Crippen LogP contribution in [0.1, 0.15) is 19.8 Å². The van der Waals surface area contributed by atoms with Gasteiger partial charge in [0.15, 0.2) is 0 Å². The Morgan fingerprint density at radius 3 is 2.63 bits per heavy atom. The molecular formula is C13H17FN2O3. The Kier molecular flexibility index (Phi) is 5.78. The summed E-state index contributed by atoms with van der Waals surface area (Å²) >= 11 is 0. The van der Waals surface area contributed by atoms with E-state index in [1.165, 1.54) is 18.2 Å². The van der Waals surface area contributed by atoms with Gasteiger partial charge in [0.1, 0.15) is 5.82 Å². The van der Waals surface area contributed by atoms with Gasteiger partial charge in [-0.15, -0.1) is 0 Å². The van der Waals surface area contributed by atoms with Gasteiger partial charge in [0.25, 0.3) is 0 Å². The van der Waals surface area contributed by atoms with Crippen LogP contribution >= 0.6 is 0 Å². The average Bonchev–Trinajstić information content (AvgIpc) is 2.37. The molecule has 0 spiro atoms. The van der Waals surface area contributed by atoms with Crippen molar-refractivity contribution in [2.45, 2.75) is 19.8 Å². The van der Waals surface area contributed by atoms with Crippen LogP contribution in [0.3, 0.4) is 0 Å². The molecule has 1 atom stereocenters. The first-order chi connectivity index (χ1) is 9.04. The van der Waals surface area contributed by atoms with Crippen molar-refractivity contribution in [2.24, 2.45) is 5.92 Å². The van der Waals surface area contributed by atoms with E-state index < -0.39 is 23.7 Å². The van der Waals surface area contributed by atoms with Crippen LogP contribution in [0.2, 0.25) is 0 Å². The highest BCUT2D eigenvalue weighted by molar-refractivity contribution is 5.89. The van der Waals surface area contributed by atoms with E-state index in [1.807, 2.05) is 6.92 Å². The number of benzene rings is 1. The van der Waals surface area contributed by atoms with E-state index in [9.17, 15) is 14.0 Å². The number of hydrogen-bond acceptors (Lipinski definition) is 2. The van der Waals surface area contributed by atoms with Crippen LogP contribution in [0.5, 0.6) is 0 Å². The Morgan fingerprint density at radius 1 is 1.37 bits per heavy atom. The summed E-state index contributed by atoms with van der Waals surface area (Å²) < 4.78 is 13.3. The maximum absolute atomic E-state index is 13.3. The predicted octanol–water partition coefficient (Wildman–Crippen LogP) is 2.45. The van der Waals surface area contributed by atoms with E-state index in [0.717, 1.165) is 0 Å². The number of carbonyl (C=O) groups is 2. The Labute approximate surface area is 110 Å². The van der Waals surface area contributed by atoms with Gasteiger partial charge in [-0.05, 0) is 18.6 Å². The lowest BCUT2D eigenvalue weighted by Crippen LogP contribution is -2.35. The summed E-state index contributed by atoms with van der Waals surface area (Å²) in [7, 11) is 0. The summed E-state index contributed by atoms with van der Waals surface area (Å²) in [6.45, 7) is 1.89. The molecule has 0 heterocycles. The van der Waals surface area contributed by atoms with Crippen molar-refractivity contribution in [3.05, 3.63) is 30.1 Å². The van der Waals surface area contributed by atoms with Crippen LogP contribution in [0, 0.1) is 11.7 Å². The van der Waals surface area contributed by atoms with Crippen molar-refractivity contribution in [2.75, 3.05) is 11.9 Å². The maximum atomic E-state index is 13.3. The second-order valence-corrected chi connectivity index (χ2v) is 4.14. The largest absolute Gasteiger partial charge is 0.481 e. The first-order valence-electron chi connectivity index (χ1n) is 6.06. The van der Waals surface area contributed by atoms with Crippen LogP contribution < -0.4 is 10.6 Å². The third kappa shape index (κ3) is 4.95. The number of para-hydroxylation sites is 1. The number of carbonyl (C=O) groups excluding carboxylic acids is 1. The zero-order valence-corrected chi connectivity index (χ0v) is 10.6. The lowest BCUT2D eigenvalue weighted by Gasteiger charge is -2.13. The van der Waals surface area contributed by atoms with E-state index in [2.05, 4.69) is 10.6 Å². The Hall–Kier alpha value is -2.11. The lowest BCUT2D eigenvalue weighted by molar-refractivity contribution is -0.141. The van der Waals surface area contributed by atoms with E-state index in [-0.39, 0.29) is 12.2 Å². The van der Waals surface area contributed by atoms with Gasteiger partial charge in [0, 0.05) is 6.54 Å².